The Morgan fingerprint density at radius 2 is 2.06 bits per heavy atom. The smallest absolute Gasteiger partial charge is 0.0330 e. The molecule has 0 spiro atoms. The first kappa shape index (κ1) is 12.6. The van der Waals surface area contributed by atoms with E-state index in [1.807, 2.05) is 11.3 Å². The van der Waals surface area contributed by atoms with Gasteiger partial charge < -0.3 is 5.73 Å². The van der Waals surface area contributed by atoms with Crippen molar-refractivity contribution in [1.82, 2.24) is 4.90 Å². The van der Waals surface area contributed by atoms with Crippen LogP contribution in [0.25, 0.3) is 0 Å². The van der Waals surface area contributed by atoms with E-state index in [4.69, 9.17) is 5.73 Å². The number of nitrogens with two attached hydrogens (primary N) is 1. The molecule has 0 aliphatic heterocycles. The molecule has 1 heterocycles. The third-order valence-corrected chi connectivity index (χ3v) is 5.30. The molecule has 2 saturated carbocycles. The molecule has 2 unspecified atom stereocenters. The number of rotatable bonds is 5. The highest BCUT2D eigenvalue weighted by Crippen LogP contribution is 2.32. The fraction of sp³-hybridized carbons (Fsp3) is 0.733. The number of thiophene rings is 1. The zero-order valence-corrected chi connectivity index (χ0v) is 11.9. The first-order valence-corrected chi connectivity index (χ1v) is 8.23. The Kier molecular flexibility index (Phi) is 4.02. The van der Waals surface area contributed by atoms with E-state index in [-0.39, 0.29) is 0 Å². The molecule has 2 aliphatic rings. The Morgan fingerprint density at radius 3 is 2.72 bits per heavy atom. The standard InChI is InChI=1S/C15H24N2S/c16-15-6-2-1-4-12(15)10-17(13-7-8-13)11-14-5-3-9-18-14/h3,5,9,12-13,15H,1-2,4,6-8,10-11,16H2. The van der Waals surface area contributed by atoms with Crippen molar-refractivity contribution in [3.63, 3.8) is 0 Å². The summed E-state index contributed by atoms with van der Waals surface area (Å²) in [5, 5.41) is 2.19. The molecule has 2 aliphatic carbocycles. The molecule has 1 aromatic heterocycles. The Labute approximate surface area is 114 Å². The molecule has 0 amide bonds. The highest BCUT2D eigenvalue weighted by atomic mass is 32.1. The van der Waals surface area contributed by atoms with Gasteiger partial charge >= 0.3 is 0 Å². The van der Waals surface area contributed by atoms with Gasteiger partial charge in [0.2, 0.25) is 0 Å². The summed E-state index contributed by atoms with van der Waals surface area (Å²) in [6.07, 6.45) is 8.10. The Balaban J connectivity index is 1.59. The van der Waals surface area contributed by atoms with Crippen LogP contribution < -0.4 is 5.73 Å². The zero-order valence-electron chi connectivity index (χ0n) is 11.1. The summed E-state index contributed by atoms with van der Waals surface area (Å²) in [6, 6.07) is 5.72. The minimum atomic E-state index is 0.448. The van der Waals surface area contributed by atoms with Crippen LogP contribution in [0.3, 0.4) is 0 Å². The van der Waals surface area contributed by atoms with Gasteiger partial charge in [-0.15, -0.1) is 11.3 Å². The number of nitrogens with zero attached hydrogens (tertiary/aromatic N) is 1. The average molecular weight is 264 g/mol. The second-order valence-electron chi connectivity index (χ2n) is 5.95. The van der Waals surface area contributed by atoms with Gasteiger partial charge in [0.05, 0.1) is 0 Å². The maximum absolute atomic E-state index is 6.30. The van der Waals surface area contributed by atoms with Gasteiger partial charge in [0.1, 0.15) is 0 Å². The lowest BCUT2D eigenvalue weighted by Crippen LogP contribution is -2.41. The van der Waals surface area contributed by atoms with Crippen LogP contribution in [0.2, 0.25) is 0 Å². The van der Waals surface area contributed by atoms with Crippen LogP contribution in [-0.4, -0.2) is 23.5 Å². The summed E-state index contributed by atoms with van der Waals surface area (Å²) in [6.45, 7) is 2.37. The average Bonchev–Trinajstić information content (AvgIpc) is 3.10. The van der Waals surface area contributed by atoms with Gasteiger partial charge in [-0.2, -0.15) is 0 Å². The first-order valence-electron chi connectivity index (χ1n) is 7.35. The van der Waals surface area contributed by atoms with Crippen LogP contribution >= 0.6 is 11.3 Å². The molecule has 1 aromatic rings. The summed E-state index contributed by atoms with van der Waals surface area (Å²) in [4.78, 5) is 4.20. The van der Waals surface area contributed by atoms with E-state index in [0.29, 0.717) is 6.04 Å². The van der Waals surface area contributed by atoms with Crippen LogP contribution in [-0.2, 0) is 6.54 Å². The monoisotopic (exact) mass is 264 g/mol. The third-order valence-electron chi connectivity index (χ3n) is 4.44. The van der Waals surface area contributed by atoms with Crippen LogP contribution in [0, 0.1) is 5.92 Å². The molecule has 2 fully saturated rings. The van der Waals surface area contributed by atoms with Gasteiger partial charge in [-0.1, -0.05) is 18.9 Å². The molecule has 0 aromatic carbocycles. The van der Waals surface area contributed by atoms with Crippen LogP contribution in [0.5, 0.6) is 0 Å². The molecule has 3 heteroatoms. The summed E-state index contributed by atoms with van der Waals surface area (Å²) in [5.41, 5.74) is 6.30. The van der Waals surface area contributed by atoms with E-state index >= 15 is 0 Å². The van der Waals surface area contributed by atoms with Crippen LogP contribution in [0.15, 0.2) is 17.5 Å². The van der Waals surface area contributed by atoms with E-state index < -0.39 is 0 Å². The van der Waals surface area contributed by atoms with Crippen molar-refractivity contribution >= 4 is 11.3 Å². The molecule has 0 saturated heterocycles. The second-order valence-corrected chi connectivity index (χ2v) is 6.98. The molecule has 0 radical (unpaired) electrons. The molecule has 100 valence electrons. The van der Waals surface area contributed by atoms with Crippen molar-refractivity contribution in [1.29, 1.82) is 0 Å². The lowest BCUT2D eigenvalue weighted by atomic mass is 9.84. The lowest BCUT2D eigenvalue weighted by molar-refractivity contribution is 0.172. The van der Waals surface area contributed by atoms with Gasteiger partial charge in [-0.25, -0.2) is 0 Å². The predicted octanol–water partition coefficient (Wildman–Crippen LogP) is 3.23. The Bertz CT molecular complexity index is 359. The van der Waals surface area contributed by atoms with E-state index in [0.717, 1.165) is 18.5 Å². The third kappa shape index (κ3) is 3.14. The Hall–Kier alpha value is -0.380. The maximum Gasteiger partial charge on any atom is 0.0330 e. The number of hydrogen-bond acceptors (Lipinski definition) is 3. The van der Waals surface area contributed by atoms with E-state index in [9.17, 15) is 0 Å². The molecular weight excluding hydrogens is 240 g/mol. The molecule has 3 rings (SSSR count). The highest BCUT2D eigenvalue weighted by molar-refractivity contribution is 7.09. The molecule has 2 atom stereocenters. The molecule has 0 bridgehead atoms. The predicted molar refractivity (Wildman–Crippen MR) is 77.7 cm³/mol. The van der Waals surface area contributed by atoms with E-state index in [1.54, 1.807) is 0 Å². The van der Waals surface area contributed by atoms with Crippen molar-refractivity contribution in [2.75, 3.05) is 6.54 Å². The van der Waals surface area contributed by atoms with Gasteiger partial charge in [0.25, 0.3) is 0 Å². The summed E-state index contributed by atoms with van der Waals surface area (Å²) in [7, 11) is 0. The maximum atomic E-state index is 6.30. The first-order chi connectivity index (χ1) is 8.83. The lowest BCUT2D eigenvalue weighted by Gasteiger charge is -2.33. The SMILES string of the molecule is NC1CCCCC1CN(Cc1cccs1)C1CC1. The van der Waals surface area contributed by atoms with Gasteiger partial charge in [-0.3, -0.25) is 4.90 Å². The fourth-order valence-corrected chi connectivity index (χ4v) is 3.88. The molecule has 2 N–H and O–H groups in total. The summed E-state index contributed by atoms with van der Waals surface area (Å²) in [5.74, 6) is 0.735. The van der Waals surface area contributed by atoms with Gasteiger partial charge in [0.15, 0.2) is 0 Å². The minimum Gasteiger partial charge on any atom is -0.327 e. The second kappa shape index (κ2) is 5.72. The zero-order chi connectivity index (χ0) is 12.4. The molecular formula is C15H24N2S. The van der Waals surface area contributed by atoms with Crippen molar-refractivity contribution in [2.24, 2.45) is 11.7 Å². The van der Waals surface area contributed by atoms with E-state index in [2.05, 4.69) is 22.4 Å². The Morgan fingerprint density at radius 1 is 1.22 bits per heavy atom. The largest absolute Gasteiger partial charge is 0.327 e. The quantitative estimate of drug-likeness (QED) is 0.884. The summed E-state index contributed by atoms with van der Waals surface area (Å²) < 4.78 is 0. The van der Waals surface area contributed by atoms with Crippen molar-refractivity contribution in [3.05, 3.63) is 22.4 Å². The number of hydrogen-bond donors (Lipinski definition) is 1. The highest BCUT2D eigenvalue weighted by Gasteiger charge is 2.32. The van der Waals surface area contributed by atoms with Crippen molar-refractivity contribution < 1.29 is 0 Å². The normalized spacial score (nSPS) is 28.8. The fourth-order valence-electron chi connectivity index (χ4n) is 3.15. The molecule has 2 nitrogen and oxygen atoms in total. The van der Waals surface area contributed by atoms with Crippen LogP contribution in [0.1, 0.15) is 43.4 Å². The van der Waals surface area contributed by atoms with E-state index in [1.165, 1.54) is 49.9 Å². The van der Waals surface area contributed by atoms with Gasteiger partial charge in [0, 0.05) is 30.1 Å². The van der Waals surface area contributed by atoms with Crippen LogP contribution in [0.4, 0.5) is 0 Å². The van der Waals surface area contributed by atoms with Crippen molar-refractivity contribution in [3.8, 4) is 0 Å². The topological polar surface area (TPSA) is 29.3 Å². The minimum absolute atomic E-state index is 0.448. The summed E-state index contributed by atoms with van der Waals surface area (Å²) >= 11 is 1.89. The van der Waals surface area contributed by atoms with Crippen molar-refractivity contribution in [2.45, 2.75) is 57.2 Å². The van der Waals surface area contributed by atoms with Gasteiger partial charge in [-0.05, 0) is 43.0 Å². The molecule has 18 heavy (non-hydrogen) atoms.